The first-order valence-corrected chi connectivity index (χ1v) is 4.38. The molecule has 0 N–H and O–H groups in total. The van der Waals surface area contributed by atoms with Crippen LogP contribution in [0.2, 0.25) is 0 Å². The fraction of sp³-hybridized carbons (Fsp3) is 1.00. The molecule has 1 rings (SSSR count). The molecule has 0 aliphatic heterocycles. The van der Waals surface area contributed by atoms with Crippen LogP contribution in [0, 0.1) is 11.3 Å². The zero-order valence-electron chi connectivity index (χ0n) is 6.35. The molecule has 0 radical (unpaired) electrons. The minimum atomic E-state index is 0.490. The lowest BCUT2D eigenvalue weighted by Crippen LogP contribution is -2.13. The highest BCUT2D eigenvalue weighted by Crippen LogP contribution is 2.40. The molecule has 54 valence electrons. The van der Waals surface area contributed by atoms with Crippen LogP contribution in [-0.4, -0.2) is 5.75 Å². The van der Waals surface area contributed by atoms with Crippen molar-refractivity contribution in [2.45, 2.75) is 33.1 Å². The van der Waals surface area contributed by atoms with E-state index >= 15 is 0 Å². The molecule has 0 aromatic carbocycles. The third-order valence-electron chi connectivity index (χ3n) is 1.97. The van der Waals surface area contributed by atoms with Crippen molar-refractivity contribution in [2.24, 2.45) is 11.3 Å². The summed E-state index contributed by atoms with van der Waals surface area (Å²) in [7, 11) is 0. The maximum Gasteiger partial charge on any atom is -0.00463 e. The monoisotopic (exact) mass is 144 g/mol. The Morgan fingerprint density at radius 3 is 2.33 bits per heavy atom. The van der Waals surface area contributed by atoms with E-state index in [4.69, 9.17) is 0 Å². The largest absolute Gasteiger partial charge is 0.179 e. The van der Waals surface area contributed by atoms with Gasteiger partial charge in [-0.2, -0.15) is 12.6 Å². The number of thiol groups is 1. The van der Waals surface area contributed by atoms with E-state index < -0.39 is 0 Å². The predicted molar refractivity (Wildman–Crippen MR) is 45.0 cm³/mol. The average molecular weight is 144 g/mol. The second-order valence-corrected chi connectivity index (χ2v) is 4.29. The SMILES string of the molecule is CC(C)(CS)CC1CC1. The molecular weight excluding hydrogens is 128 g/mol. The highest BCUT2D eigenvalue weighted by molar-refractivity contribution is 7.80. The van der Waals surface area contributed by atoms with Crippen LogP contribution in [0.4, 0.5) is 0 Å². The van der Waals surface area contributed by atoms with Gasteiger partial charge in [-0.15, -0.1) is 0 Å². The fourth-order valence-corrected chi connectivity index (χ4v) is 1.30. The fourth-order valence-electron chi connectivity index (χ4n) is 1.17. The maximum absolute atomic E-state index is 4.30. The molecule has 0 nitrogen and oxygen atoms in total. The molecule has 0 aromatic rings. The molecule has 0 aromatic heterocycles. The molecule has 1 aliphatic rings. The van der Waals surface area contributed by atoms with Crippen LogP contribution in [0.5, 0.6) is 0 Å². The molecule has 0 atom stereocenters. The van der Waals surface area contributed by atoms with E-state index in [1.54, 1.807) is 0 Å². The number of hydrogen-bond donors (Lipinski definition) is 1. The van der Waals surface area contributed by atoms with Crippen molar-refractivity contribution in [3.63, 3.8) is 0 Å². The van der Waals surface area contributed by atoms with E-state index in [1.807, 2.05) is 0 Å². The summed E-state index contributed by atoms with van der Waals surface area (Å²) in [4.78, 5) is 0. The van der Waals surface area contributed by atoms with Gasteiger partial charge >= 0.3 is 0 Å². The number of hydrogen-bond acceptors (Lipinski definition) is 1. The van der Waals surface area contributed by atoms with E-state index in [1.165, 1.54) is 19.3 Å². The van der Waals surface area contributed by atoms with Crippen LogP contribution < -0.4 is 0 Å². The summed E-state index contributed by atoms with van der Waals surface area (Å²) in [5.41, 5.74) is 0.490. The van der Waals surface area contributed by atoms with Crippen molar-refractivity contribution >= 4 is 12.6 Å². The van der Waals surface area contributed by atoms with Gasteiger partial charge in [-0.25, -0.2) is 0 Å². The average Bonchev–Trinajstić information content (AvgIpc) is 2.50. The van der Waals surface area contributed by atoms with Gasteiger partial charge in [0.1, 0.15) is 0 Å². The Morgan fingerprint density at radius 2 is 2.00 bits per heavy atom. The zero-order valence-corrected chi connectivity index (χ0v) is 7.25. The van der Waals surface area contributed by atoms with Crippen molar-refractivity contribution in [3.8, 4) is 0 Å². The Kier molecular flexibility index (Phi) is 2.10. The number of rotatable bonds is 3. The topological polar surface area (TPSA) is 0 Å². The van der Waals surface area contributed by atoms with Gasteiger partial charge in [-0.1, -0.05) is 26.7 Å². The van der Waals surface area contributed by atoms with Crippen molar-refractivity contribution in [1.29, 1.82) is 0 Å². The first kappa shape index (κ1) is 7.46. The van der Waals surface area contributed by atoms with Crippen LogP contribution in [0.1, 0.15) is 33.1 Å². The quantitative estimate of drug-likeness (QED) is 0.578. The van der Waals surface area contributed by atoms with Gasteiger partial charge in [0.2, 0.25) is 0 Å². The van der Waals surface area contributed by atoms with Gasteiger partial charge in [-0.05, 0) is 23.5 Å². The summed E-state index contributed by atoms with van der Waals surface area (Å²) in [6.45, 7) is 4.61. The van der Waals surface area contributed by atoms with Gasteiger partial charge in [0.15, 0.2) is 0 Å². The smallest absolute Gasteiger partial charge is 0.00463 e. The molecule has 1 aliphatic carbocycles. The molecule has 0 bridgehead atoms. The molecule has 0 spiro atoms. The summed E-state index contributed by atoms with van der Waals surface area (Å²) >= 11 is 4.30. The van der Waals surface area contributed by atoms with Gasteiger partial charge in [0.05, 0.1) is 0 Å². The summed E-state index contributed by atoms with van der Waals surface area (Å²) in [5.74, 6) is 2.08. The van der Waals surface area contributed by atoms with Crippen molar-refractivity contribution in [2.75, 3.05) is 5.75 Å². The Bertz CT molecular complexity index is 92.7. The maximum atomic E-state index is 4.30. The Balaban J connectivity index is 2.21. The molecule has 1 fully saturated rings. The normalized spacial score (nSPS) is 20.3. The molecule has 0 amide bonds. The van der Waals surface area contributed by atoms with E-state index in [0.717, 1.165) is 11.7 Å². The molecular formula is C8H16S. The van der Waals surface area contributed by atoms with Crippen LogP contribution in [0.15, 0.2) is 0 Å². The van der Waals surface area contributed by atoms with Crippen LogP contribution in [0.25, 0.3) is 0 Å². The van der Waals surface area contributed by atoms with E-state index in [9.17, 15) is 0 Å². The Labute approximate surface area is 63.4 Å². The predicted octanol–water partition coefficient (Wildman–Crippen LogP) is 2.74. The zero-order chi connectivity index (χ0) is 6.91. The van der Waals surface area contributed by atoms with Crippen molar-refractivity contribution in [1.82, 2.24) is 0 Å². The molecule has 0 saturated heterocycles. The van der Waals surface area contributed by atoms with Crippen molar-refractivity contribution in [3.05, 3.63) is 0 Å². The minimum absolute atomic E-state index is 0.490. The third kappa shape index (κ3) is 2.61. The highest BCUT2D eigenvalue weighted by atomic mass is 32.1. The lowest BCUT2D eigenvalue weighted by molar-refractivity contribution is 0.364. The van der Waals surface area contributed by atoms with Crippen LogP contribution >= 0.6 is 12.6 Å². The summed E-state index contributed by atoms with van der Waals surface area (Å²) in [6.07, 6.45) is 4.32. The minimum Gasteiger partial charge on any atom is -0.179 e. The second kappa shape index (κ2) is 2.53. The van der Waals surface area contributed by atoms with Gasteiger partial charge in [0.25, 0.3) is 0 Å². The van der Waals surface area contributed by atoms with Gasteiger partial charge in [-0.3, -0.25) is 0 Å². The molecule has 1 heteroatoms. The standard InChI is InChI=1S/C8H16S/c1-8(2,6-9)5-7-3-4-7/h7,9H,3-6H2,1-2H3. The van der Waals surface area contributed by atoms with Crippen LogP contribution in [-0.2, 0) is 0 Å². The molecule has 0 heterocycles. The summed E-state index contributed by atoms with van der Waals surface area (Å²) in [6, 6.07) is 0. The lowest BCUT2D eigenvalue weighted by atomic mass is 9.89. The van der Waals surface area contributed by atoms with E-state index in [0.29, 0.717) is 5.41 Å². The van der Waals surface area contributed by atoms with Gasteiger partial charge < -0.3 is 0 Å². The highest BCUT2D eigenvalue weighted by Gasteiger charge is 2.28. The second-order valence-electron chi connectivity index (χ2n) is 3.97. The Morgan fingerprint density at radius 1 is 1.44 bits per heavy atom. The first-order valence-electron chi connectivity index (χ1n) is 3.75. The third-order valence-corrected chi connectivity index (χ3v) is 2.82. The Hall–Kier alpha value is 0.350. The van der Waals surface area contributed by atoms with Gasteiger partial charge in [0, 0.05) is 0 Å². The molecule has 0 unspecified atom stereocenters. The summed E-state index contributed by atoms with van der Waals surface area (Å²) in [5, 5.41) is 0. The van der Waals surface area contributed by atoms with Crippen molar-refractivity contribution < 1.29 is 0 Å². The summed E-state index contributed by atoms with van der Waals surface area (Å²) < 4.78 is 0. The van der Waals surface area contributed by atoms with E-state index in [-0.39, 0.29) is 0 Å². The van der Waals surface area contributed by atoms with Crippen LogP contribution in [0.3, 0.4) is 0 Å². The first-order chi connectivity index (χ1) is 4.14. The molecule has 1 saturated carbocycles. The van der Waals surface area contributed by atoms with E-state index in [2.05, 4.69) is 26.5 Å². The molecule has 9 heavy (non-hydrogen) atoms. The lowest BCUT2D eigenvalue weighted by Gasteiger charge is -2.20.